The predicted octanol–water partition coefficient (Wildman–Crippen LogP) is 8.81. The van der Waals surface area contributed by atoms with Gasteiger partial charge in [0, 0.05) is 27.5 Å². The lowest BCUT2D eigenvalue weighted by Gasteiger charge is -2.18. The van der Waals surface area contributed by atoms with Crippen LogP contribution in [-0.2, 0) is 5.41 Å². The van der Waals surface area contributed by atoms with Crippen LogP contribution in [-0.4, -0.2) is 14.5 Å². The van der Waals surface area contributed by atoms with Crippen LogP contribution in [0.15, 0.2) is 120 Å². The summed E-state index contributed by atoms with van der Waals surface area (Å²) in [4.78, 5) is 10.4. The van der Waals surface area contributed by atoms with Gasteiger partial charge in [-0.15, -0.1) is 0 Å². The SMILES string of the molecule is CC1(C)c2ccccc2-c2c1oc1c3ccccc3n(-c3nc(-c4ccccc4)cc(-c4ccccc4)n3)c21. The number of hydrogen-bond acceptors (Lipinski definition) is 3. The zero-order chi connectivity index (χ0) is 26.1. The average Bonchev–Trinajstić information content (AvgIpc) is 3.60. The van der Waals surface area contributed by atoms with Gasteiger partial charge in [-0.2, -0.15) is 0 Å². The minimum Gasteiger partial charge on any atom is -0.457 e. The first-order valence-electron chi connectivity index (χ1n) is 13.3. The molecule has 0 unspecified atom stereocenters. The quantitative estimate of drug-likeness (QED) is 0.242. The third kappa shape index (κ3) is 3.12. The molecular weight excluding hydrogens is 478 g/mol. The molecule has 4 aromatic carbocycles. The van der Waals surface area contributed by atoms with Gasteiger partial charge in [-0.25, -0.2) is 9.97 Å². The summed E-state index contributed by atoms with van der Waals surface area (Å²) in [5.41, 5.74) is 10.2. The van der Waals surface area contributed by atoms with Crippen LogP contribution in [0.1, 0.15) is 25.2 Å². The normalized spacial score (nSPS) is 13.6. The molecule has 3 heterocycles. The van der Waals surface area contributed by atoms with Gasteiger partial charge >= 0.3 is 0 Å². The highest BCUT2D eigenvalue weighted by molar-refractivity contribution is 6.13. The Bertz CT molecular complexity index is 1970. The van der Waals surface area contributed by atoms with Crippen LogP contribution in [0.4, 0.5) is 0 Å². The molecule has 7 aromatic rings. The summed E-state index contributed by atoms with van der Waals surface area (Å²) in [6.45, 7) is 4.49. The van der Waals surface area contributed by atoms with E-state index in [1.54, 1.807) is 0 Å². The van der Waals surface area contributed by atoms with E-state index >= 15 is 0 Å². The molecule has 0 spiro atoms. The van der Waals surface area contributed by atoms with Crippen molar-refractivity contribution in [3.8, 4) is 39.6 Å². The smallest absolute Gasteiger partial charge is 0.235 e. The van der Waals surface area contributed by atoms with Crippen molar-refractivity contribution in [3.05, 3.63) is 127 Å². The average molecular weight is 504 g/mol. The van der Waals surface area contributed by atoms with Crippen molar-refractivity contribution in [3.63, 3.8) is 0 Å². The molecule has 39 heavy (non-hydrogen) atoms. The highest BCUT2D eigenvalue weighted by Crippen LogP contribution is 2.54. The van der Waals surface area contributed by atoms with Crippen LogP contribution in [0.5, 0.6) is 0 Å². The molecule has 0 aliphatic heterocycles. The monoisotopic (exact) mass is 503 g/mol. The molecular formula is C35H25N3O. The number of hydrogen-bond donors (Lipinski definition) is 0. The maximum atomic E-state index is 6.78. The van der Waals surface area contributed by atoms with Crippen LogP contribution in [0.2, 0.25) is 0 Å². The Hall–Kier alpha value is -4.96. The lowest BCUT2D eigenvalue weighted by atomic mass is 9.86. The Labute approximate surface area is 226 Å². The molecule has 0 bridgehead atoms. The first-order chi connectivity index (χ1) is 19.1. The lowest BCUT2D eigenvalue weighted by Crippen LogP contribution is -2.14. The summed E-state index contributed by atoms with van der Waals surface area (Å²) in [7, 11) is 0. The van der Waals surface area contributed by atoms with E-state index in [0.717, 1.165) is 55.8 Å². The summed E-state index contributed by atoms with van der Waals surface area (Å²) < 4.78 is 8.98. The maximum absolute atomic E-state index is 6.78. The molecule has 4 nitrogen and oxygen atoms in total. The lowest BCUT2D eigenvalue weighted by molar-refractivity contribution is 0.466. The van der Waals surface area contributed by atoms with Crippen LogP contribution >= 0.6 is 0 Å². The second kappa shape index (κ2) is 8.02. The first-order valence-corrected chi connectivity index (χ1v) is 13.3. The molecule has 0 saturated carbocycles. The van der Waals surface area contributed by atoms with Crippen LogP contribution in [0.25, 0.3) is 61.6 Å². The molecule has 3 aromatic heterocycles. The highest BCUT2D eigenvalue weighted by Gasteiger charge is 2.42. The Kier molecular flexibility index (Phi) is 4.54. The Morgan fingerprint density at radius 1 is 0.667 bits per heavy atom. The standard InChI is InChI=1S/C35H25N3O/c1-35(2)26-19-11-9-17-24(26)30-31-32(39-33(30)35)25-18-10-12-20-29(25)38(31)34-36-27(22-13-5-3-6-14-22)21-28(37-34)23-15-7-4-8-16-23/h3-21H,1-2H3. The molecule has 0 amide bonds. The van der Waals surface area contributed by atoms with E-state index in [-0.39, 0.29) is 5.41 Å². The number of benzene rings is 4. The highest BCUT2D eigenvalue weighted by atomic mass is 16.3. The zero-order valence-corrected chi connectivity index (χ0v) is 21.7. The Balaban J connectivity index is 1.50. The Morgan fingerprint density at radius 2 is 1.26 bits per heavy atom. The summed E-state index contributed by atoms with van der Waals surface area (Å²) in [5, 5.41) is 1.06. The van der Waals surface area contributed by atoms with Gasteiger partial charge in [-0.05, 0) is 43.2 Å². The van der Waals surface area contributed by atoms with Crippen molar-refractivity contribution in [2.75, 3.05) is 0 Å². The van der Waals surface area contributed by atoms with E-state index in [9.17, 15) is 0 Å². The molecule has 1 aliphatic carbocycles. The molecule has 0 fully saturated rings. The van der Waals surface area contributed by atoms with Crippen molar-refractivity contribution < 1.29 is 4.42 Å². The van der Waals surface area contributed by atoms with E-state index < -0.39 is 0 Å². The number of aromatic nitrogens is 3. The molecule has 0 saturated heterocycles. The number of furan rings is 1. The molecule has 4 heteroatoms. The van der Waals surface area contributed by atoms with Crippen LogP contribution < -0.4 is 0 Å². The first kappa shape index (κ1) is 22.1. The molecule has 8 rings (SSSR count). The fourth-order valence-corrected chi connectivity index (χ4v) is 6.11. The van der Waals surface area contributed by atoms with E-state index in [4.69, 9.17) is 14.4 Å². The maximum Gasteiger partial charge on any atom is 0.235 e. The minimum atomic E-state index is -0.237. The number of fused-ring (bicyclic) bond motifs is 7. The largest absolute Gasteiger partial charge is 0.457 e. The van der Waals surface area contributed by atoms with E-state index in [1.807, 2.05) is 36.4 Å². The number of nitrogens with zero attached hydrogens (tertiary/aromatic N) is 3. The minimum absolute atomic E-state index is 0.237. The summed E-state index contributed by atoms with van der Waals surface area (Å²) in [5.74, 6) is 1.63. The van der Waals surface area contributed by atoms with Crippen LogP contribution in [0.3, 0.4) is 0 Å². The fourth-order valence-electron chi connectivity index (χ4n) is 6.11. The third-order valence-electron chi connectivity index (χ3n) is 7.99. The van der Waals surface area contributed by atoms with Gasteiger partial charge in [-0.1, -0.05) is 97.1 Å². The van der Waals surface area contributed by atoms with E-state index in [0.29, 0.717) is 5.95 Å². The summed E-state index contributed by atoms with van der Waals surface area (Å²) >= 11 is 0. The van der Waals surface area contributed by atoms with Crippen molar-refractivity contribution >= 4 is 22.0 Å². The molecule has 0 radical (unpaired) electrons. The van der Waals surface area contributed by atoms with E-state index in [2.05, 4.69) is 97.3 Å². The van der Waals surface area contributed by atoms with Gasteiger partial charge in [0.15, 0.2) is 5.58 Å². The fraction of sp³-hybridized carbons (Fsp3) is 0.0857. The van der Waals surface area contributed by atoms with Gasteiger partial charge < -0.3 is 4.42 Å². The van der Waals surface area contributed by atoms with E-state index in [1.165, 1.54) is 11.1 Å². The number of para-hydroxylation sites is 1. The van der Waals surface area contributed by atoms with Gasteiger partial charge in [0.2, 0.25) is 5.95 Å². The number of rotatable bonds is 3. The second-order valence-electron chi connectivity index (χ2n) is 10.7. The molecule has 1 aliphatic rings. The molecule has 0 N–H and O–H groups in total. The predicted molar refractivity (Wildman–Crippen MR) is 157 cm³/mol. The van der Waals surface area contributed by atoms with Crippen molar-refractivity contribution in [1.82, 2.24) is 14.5 Å². The topological polar surface area (TPSA) is 43.9 Å². The Morgan fingerprint density at radius 3 is 1.95 bits per heavy atom. The van der Waals surface area contributed by atoms with Gasteiger partial charge in [0.1, 0.15) is 11.3 Å². The second-order valence-corrected chi connectivity index (χ2v) is 10.7. The third-order valence-corrected chi connectivity index (χ3v) is 7.99. The van der Waals surface area contributed by atoms with Crippen LogP contribution in [0, 0.1) is 0 Å². The van der Waals surface area contributed by atoms with Gasteiger partial charge in [0.25, 0.3) is 0 Å². The van der Waals surface area contributed by atoms with Crippen molar-refractivity contribution in [1.29, 1.82) is 0 Å². The van der Waals surface area contributed by atoms with Gasteiger partial charge in [-0.3, -0.25) is 4.57 Å². The van der Waals surface area contributed by atoms with Crippen molar-refractivity contribution in [2.45, 2.75) is 19.3 Å². The summed E-state index contributed by atoms with van der Waals surface area (Å²) in [6.07, 6.45) is 0. The molecule has 0 atom stereocenters. The van der Waals surface area contributed by atoms with Gasteiger partial charge in [0.05, 0.1) is 16.9 Å². The summed E-state index contributed by atoms with van der Waals surface area (Å²) in [6, 6.07) is 39.7. The molecule has 186 valence electrons. The zero-order valence-electron chi connectivity index (χ0n) is 21.7. The van der Waals surface area contributed by atoms with Crippen molar-refractivity contribution in [2.24, 2.45) is 0 Å².